The van der Waals surface area contributed by atoms with E-state index < -0.39 is 0 Å². The summed E-state index contributed by atoms with van der Waals surface area (Å²) in [5, 5.41) is 13.4. The number of urea groups is 1. The van der Waals surface area contributed by atoms with Gasteiger partial charge in [0.2, 0.25) is 5.91 Å². The third-order valence-corrected chi connectivity index (χ3v) is 5.21. The van der Waals surface area contributed by atoms with Gasteiger partial charge in [-0.2, -0.15) is 5.10 Å². The maximum Gasteiger partial charge on any atom is 0.321 e. The normalized spacial score (nSPS) is 22.6. The Labute approximate surface area is 157 Å². The van der Waals surface area contributed by atoms with Gasteiger partial charge in [-0.05, 0) is 30.2 Å². The molecule has 27 heavy (non-hydrogen) atoms. The van der Waals surface area contributed by atoms with Gasteiger partial charge in [0.15, 0.2) is 0 Å². The molecule has 0 aliphatic carbocycles. The highest BCUT2D eigenvalue weighted by molar-refractivity contribution is 5.96. The van der Waals surface area contributed by atoms with Crippen LogP contribution < -0.4 is 20.9 Å². The van der Waals surface area contributed by atoms with Crippen LogP contribution in [0.4, 0.5) is 16.2 Å². The van der Waals surface area contributed by atoms with Gasteiger partial charge >= 0.3 is 6.03 Å². The summed E-state index contributed by atoms with van der Waals surface area (Å²) in [6, 6.07) is 7.35. The monoisotopic (exact) mass is 368 g/mol. The number of amides is 3. The number of anilines is 2. The summed E-state index contributed by atoms with van der Waals surface area (Å²) in [4.78, 5) is 26.6. The lowest BCUT2D eigenvalue weighted by Gasteiger charge is -2.28. The molecule has 1 aromatic heterocycles. The molecule has 1 aromatic carbocycles. The van der Waals surface area contributed by atoms with Crippen LogP contribution in [-0.4, -0.2) is 47.9 Å². The van der Waals surface area contributed by atoms with Crippen LogP contribution in [0.15, 0.2) is 36.7 Å². The first kappa shape index (κ1) is 17.5. The van der Waals surface area contributed by atoms with E-state index in [0.717, 1.165) is 24.2 Å². The number of nitrogens with zero attached hydrogens (tertiary/aromatic N) is 3. The van der Waals surface area contributed by atoms with Gasteiger partial charge in [-0.1, -0.05) is 6.07 Å². The zero-order valence-corrected chi connectivity index (χ0v) is 15.3. The fraction of sp³-hybridized carbons (Fsp3) is 0.421. The Balaban J connectivity index is 1.48. The molecule has 2 atom stereocenters. The van der Waals surface area contributed by atoms with Gasteiger partial charge in [0, 0.05) is 56.7 Å². The summed E-state index contributed by atoms with van der Waals surface area (Å²) in [5.74, 6) is -0.0694. The molecule has 2 aromatic rings. The van der Waals surface area contributed by atoms with Crippen molar-refractivity contribution in [2.75, 3.05) is 36.4 Å². The highest BCUT2D eigenvalue weighted by atomic mass is 16.2. The average Bonchev–Trinajstić information content (AvgIpc) is 3.31. The quantitative estimate of drug-likeness (QED) is 0.758. The topological polar surface area (TPSA) is 91.3 Å². The minimum atomic E-state index is -0.156. The molecule has 142 valence electrons. The molecule has 0 unspecified atom stereocenters. The fourth-order valence-corrected chi connectivity index (χ4v) is 3.80. The third kappa shape index (κ3) is 3.66. The van der Waals surface area contributed by atoms with Crippen LogP contribution in [0.2, 0.25) is 0 Å². The number of carbonyl (C=O) groups excluding carboxylic acids is 2. The van der Waals surface area contributed by atoms with Gasteiger partial charge < -0.3 is 16.0 Å². The van der Waals surface area contributed by atoms with Crippen LogP contribution in [0, 0.1) is 5.92 Å². The van der Waals surface area contributed by atoms with E-state index in [0.29, 0.717) is 25.3 Å². The van der Waals surface area contributed by atoms with Crippen molar-refractivity contribution in [1.82, 2.24) is 20.4 Å². The zero-order chi connectivity index (χ0) is 18.8. The molecule has 0 spiro atoms. The predicted molar refractivity (Wildman–Crippen MR) is 103 cm³/mol. The molecule has 0 radical (unpaired) electrons. The number of nitrogens with one attached hydrogen (secondary N) is 3. The van der Waals surface area contributed by atoms with Crippen molar-refractivity contribution in [3.63, 3.8) is 0 Å². The molecule has 0 saturated carbocycles. The first-order valence-corrected chi connectivity index (χ1v) is 9.27. The van der Waals surface area contributed by atoms with Crippen molar-refractivity contribution >= 4 is 23.3 Å². The molecule has 2 aliphatic rings. The summed E-state index contributed by atoms with van der Waals surface area (Å²) in [5.41, 5.74) is 2.56. The second kappa shape index (κ2) is 7.40. The Kier molecular flexibility index (Phi) is 4.81. The van der Waals surface area contributed by atoms with Crippen LogP contribution in [-0.2, 0) is 11.8 Å². The second-order valence-electron chi connectivity index (χ2n) is 7.10. The van der Waals surface area contributed by atoms with E-state index in [1.54, 1.807) is 9.58 Å². The first-order chi connectivity index (χ1) is 13.1. The lowest BCUT2D eigenvalue weighted by molar-refractivity contribution is -0.119. The highest BCUT2D eigenvalue weighted by Crippen LogP contribution is 2.29. The van der Waals surface area contributed by atoms with Crippen LogP contribution >= 0.6 is 0 Å². The predicted octanol–water partition coefficient (Wildman–Crippen LogP) is 1.28. The van der Waals surface area contributed by atoms with E-state index in [1.165, 1.54) is 0 Å². The number of hydrogen-bond donors (Lipinski definition) is 3. The standard InChI is InChI=1S/C19H24N6O2/c1-24-12-13(9-22-24)16-10-20-11-17(16)18(26)23-14-4-2-5-15(8-14)25-7-3-6-21-19(25)27/h2,4-5,8-9,12,16-17,20H,3,6-7,10-11H2,1H3,(H,21,27)(H,23,26)/t16-,17+/m1/s1. The third-order valence-electron chi connectivity index (χ3n) is 5.21. The number of rotatable bonds is 4. The minimum absolute atomic E-state index is 0.0194. The van der Waals surface area contributed by atoms with Crippen molar-refractivity contribution < 1.29 is 9.59 Å². The van der Waals surface area contributed by atoms with Gasteiger partial charge in [0.05, 0.1) is 12.1 Å². The summed E-state index contributed by atoms with van der Waals surface area (Å²) in [6.07, 6.45) is 4.70. The molecule has 3 amide bonds. The molecule has 0 bridgehead atoms. The largest absolute Gasteiger partial charge is 0.338 e. The SMILES string of the molecule is Cn1cc([C@H]2CNC[C@@H]2C(=O)Nc2cccc(N3CCCNC3=O)c2)cn1. The molecule has 4 rings (SSSR count). The maximum atomic E-state index is 12.9. The number of benzene rings is 1. The van der Waals surface area contributed by atoms with Crippen LogP contribution in [0.5, 0.6) is 0 Å². The summed E-state index contributed by atoms with van der Waals surface area (Å²) >= 11 is 0. The lowest BCUT2D eigenvalue weighted by atomic mass is 9.90. The van der Waals surface area contributed by atoms with E-state index in [9.17, 15) is 9.59 Å². The van der Waals surface area contributed by atoms with Gasteiger partial charge in [-0.25, -0.2) is 4.79 Å². The van der Waals surface area contributed by atoms with Crippen LogP contribution in [0.25, 0.3) is 0 Å². The van der Waals surface area contributed by atoms with E-state index in [1.807, 2.05) is 43.7 Å². The average molecular weight is 368 g/mol. The highest BCUT2D eigenvalue weighted by Gasteiger charge is 2.34. The van der Waals surface area contributed by atoms with E-state index in [-0.39, 0.29) is 23.8 Å². The minimum Gasteiger partial charge on any atom is -0.338 e. The molecule has 3 N–H and O–H groups in total. The van der Waals surface area contributed by atoms with E-state index in [4.69, 9.17) is 0 Å². The molecule has 8 heteroatoms. The number of aromatic nitrogens is 2. The van der Waals surface area contributed by atoms with Crippen molar-refractivity contribution in [3.8, 4) is 0 Å². The maximum absolute atomic E-state index is 12.9. The van der Waals surface area contributed by atoms with E-state index in [2.05, 4.69) is 21.0 Å². The summed E-state index contributed by atoms with van der Waals surface area (Å²) in [7, 11) is 1.88. The molecule has 3 heterocycles. The van der Waals surface area contributed by atoms with Crippen molar-refractivity contribution in [3.05, 3.63) is 42.2 Å². The molecular weight excluding hydrogens is 344 g/mol. The van der Waals surface area contributed by atoms with Crippen molar-refractivity contribution in [1.29, 1.82) is 0 Å². The number of hydrogen-bond acceptors (Lipinski definition) is 4. The Bertz CT molecular complexity index is 848. The van der Waals surface area contributed by atoms with Crippen LogP contribution in [0.1, 0.15) is 17.9 Å². The first-order valence-electron chi connectivity index (χ1n) is 9.27. The summed E-state index contributed by atoms with van der Waals surface area (Å²) < 4.78 is 1.76. The Morgan fingerprint density at radius 2 is 2.22 bits per heavy atom. The molecule has 8 nitrogen and oxygen atoms in total. The van der Waals surface area contributed by atoms with Crippen LogP contribution in [0.3, 0.4) is 0 Å². The smallest absolute Gasteiger partial charge is 0.321 e. The van der Waals surface area contributed by atoms with Gasteiger partial charge in [0.1, 0.15) is 0 Å². The molecule has 2 aliphatic heterocycles. The van der Waals surface area contributed by atoms with Crippen molar-refractivity contribution in [2.24, 2.45) is 13.0 Å². The summed E-state index contributed by atoms with van der Waals surface area (Å²) in [6.45, 7) is 2.78. The Morgan fingerprint density at radius 1 is 1.33 bits per heavy atom. The fourth-order valence-electron chi connectivity index (χ4n) is 3.80. The van der Waals surface area contributed by atoms with E-state index >= 15 is 0 Å². The Morgan fingerprint density at radius 3 is 3.00 bits per heavy atom. The molecule has 2 fully saturated rings. The zero-order valence-electron chi connectivity index (χ0n) is 15.3. The molecule has 2 saturated heterocycles. The second-order valence-corrected chi connectivity index (χ2v) is 7.10. The number of aryl methyl sites for hydroxylation is 1. The van der Waals surface area contributed by atoms with Gasteiger partial charge in [-0.3, -0.25) is 14.4 Å². The lowest BCUT2D eigenvalue weighted by Crippen LogP contribution is -2.46. The Hall–Kier alpha value is -2.87. The van der Waals surface area contributed by atoms with Crippen molar-refractivity contribution in [2.45, 2.75) is 12.3 Å². The number of carbonyl (C=O) groups is 2. The van der Waals surface area contributed by atoms with Gasteiger partial charge in [-0.15, -0.1) is 0 Å². The van der Waals surface area contributed by atoms with Gasteiger partial charge in [0.25, 0.3) is 0 Å². The molecular formula is C19H24N6O2.